The molecular weight excluding hydrogens is 405 g/mol. The molecule has 0 bridgehead atoms. The smallest absolute Gasteiger partial charge is 0.356 e. The molecule has 0 aliphatic heterocycles. The first-order valence-corrected chi connectivity index (χ1v) is 8.37. The summed E-state index contributed by atoms with van der Waals surface area (Å²) in [7, 11) is -4.26. The Kier molecular flexibility index (Phi) is 6.64. The molecule has 12 heteroatoms. The molecule has 0 saturated heterocycles. The van der Waals surface area contributed by atoms with Crippen molar-refractivity contribution in [2.45, 2.75) is 4.90 Å². The van der Waals surface area contributed by atoms with Crippen molar-refractivity contribution >= 4 is 62.3 Å². The third kappa shape index (κ3) is 5.11. The lowest BCUT2D eigenvalue weighted by Gasteiger charge is -2.02. The number of carbonyl (C=O) groups is 1. The predicted molar refractivity (Wildman–Crippen MR) is 91.3 cm³/mol. The summed E-state index contributed by atoms with van der Waals surface area (Å²) < 4.78 is 29.9. The fourth-order valence-corrected chi connectivity index (χ4v) is 2.58. The predicted octanol–water partition coefficient (Wildman–Crippen LogP) is 2.84. The summed E-state index contributed by atoms with van der Waals surface area (Å²) in [6, 6.07) is 3.87. The van der Waals surface area contributed by atoms with Crippen molar-refractivity contribution in [1.29, 1.82) is 0 Å². The number of aromatic nitrogens is 1. The third-order valence-electron chi connectivity index (χ3n) is 2.44. The molecule has 0 saturated carbocycles. The van der Waals surface area contributed by atoms with E-state index in [0.29, 0.717) is 0 Å². The Balaban J connectivity index is 0.000000240. The van der Waals surface area contributed by atoms with Crippen molar-refractivity contribution in [3.8, 4) is 0 Å². The fraction of sp³-hybridized carbons (Fsp3) is 0. The molecule has 0 amide bonds. The van der Waals surface area contributed by atoms with Crippen LogP contribution in [0.25, 0.3) is 0 Å². The Bertz CT molecular complexity index is 890. The number of hydrogen-bond acceptors (Lipinski definition) is 6. The molecule has 1 aromatic heterocycles. The van der Waals surface area contributed by atoms with Gasteiger partial charge >= 0.3 is 5.97 Å². The average Bonchev–Trinajstić information content (AvgIpc) is 2.46. The van der Waals surface area contributed by atoms with Crippen molar-refractivity contribution in [2.75, 3.05) is 11.5 Å². The van der Waals surface area contributed by atoms with Gasteiger partial charge in [0.25, 0.3) is 10.1 Å². The van der Waals surface area contributed by atoms with Gasteiger partial charge in [0.2, 0.25) is 0 Å². The quantitative estimate of drug-likeness (QED) is 0.431. The summed E-state index contributed by atoms with van der Waals surface area (Å²) >= 11 is 16.6. The number of carboxylic acid groups (broad SMARTS) is 1. The van der Waals surface area contributed by atoms with Gasteiger partial charge in [-0.3, -0.25) is 4.55 Å². The molecule has 6 N–H and O–H groups in total. The van der Waals surface area contributed by atoms with Crippen LogP contribution in [-0.2, 0) is 10.1 Å². The highest BCUT2D eigenvalue weighted by atomic mass is 35.5. The maximum atomic E-state index is 10.6. The number of rotatable bonds is 2. The summed E-state index contributed by atoms with van der Waals surface area (Å²) in [5.41, 5.74) is 10.5. The van der Waals surface area contributed by atoms with Gasteiger partial charge < -0.3 is 16.6 Å². The molecule has 0 spiro atoms. The van der Waals surface area contributed by atoms with Crippen molar-refractivity contribution in [3.05, 3.63) is 45.2 Å². The molecular formula is C12H10Cl3N3O5S. The molecule has 0 aliphatic carbocycles. The topological polar surface area (TPSA) is 157 Å². The third-order valence-corrected chi connectivity index (χ3v) is 4.59. The Morgan fingerprint density at radius 2 is 1.71 bits per heavy atom. The Morgan fingerprint density at radius 1 is 1.12 bits per heavy atom. The molecule has 8 nitrogen and oxygen atoms in total. The van der Waals surface area contributed by atoms with Crippen LogP contribution >= 0.6 is 34.8 Å². The number of anilines is 2. The van der Waals surface area contributed by atoms with Gasteiger partial charge in [0, 0.05) is 11.9 Å². The van der Waals surface area contributed by atoms with Crippen molar-refractivity contribution in [2.24, 2.45) is 0 Å². The van der Waals surface area contributed by atoms with E-state index in [1.807, 2.05) is 0 Å². The van der Waals surface area contributed by atoms with E-state index >= 15 is 0 Å². The second-order valence-electron chi connectivity index (χ2n) is 4.16. The number of carboxylic acids is 1. The summed E-state index contributed by atoms with van der Waals surface area (Å²) in [5, 5.41) is 8.53. The van der Waals surface area contributed by atoms with Crippen LogP contribution in [0.2, 0.25) is 15.1 Å². The van der Waals surface area contributed by atoms with Gasteiger partial charge in [-0.15, -0.1) is 0 Å². The number of nitrogen functional groups attached to an aromatic ring is 2. The van der Waals surface area contributed by atoms with Crippen molar-refractivity contribution < 1.29 is 22.9 Å². The van der Waals surface area contributed by atoms with Crippen LogP contribution in [0.5, 0.6) is 0 Å². The lowest BCUT2D eigenvalue weighted by Crippen LogP contribution is -2.03. The number of halogens is 3. The Hall–Kier alpha value is -1.78. The van der Waals surface area contributed by atoms with E-state index in [9.17, 15) is 13.2 Å². The average molecular weight is 415 g/mol. The maximum Gasteiger partial charge on any atom is 0.356 e. The SMILES string of the molecule is Nc1ccc(N)c(S(=O)(=O)O)c1.O=C(O)c1ncc(Cl)c(Cl)c1Cl. The molecule has 0 unspecified atom stereocenters. The van der Waals surface area contributed by atoms with E-state index in [4.69, 9.17) is 55.9 Å². The van der Waals surface area contributed by atoms with Crippen LogP contribution in [0.15, 0.2) is 29.3 Å². The number of benzene rings is 1. The Labute approximate surface area is 151 Å². The first kappa shape index (κ1) is 20.3. The summed E-state index contributed by atoms with van der Waals surface area (Å²) in [6.45, 7) is 0. The maximum absolute atomic E-state index is 10.6. The zero-order chi connectivity index (χ0) is 18.7. The zero-order valence-corrected chi connectivity index (χ0v) is 14.7. The van der Waals surface area contributed by atoms with E-state index in [1.54, 1.807) is 0 Å². The molecule has 0 radical (unpaired) electrons. The molecule has 0 atom stereocenters. The number of nitrogens with two attached hydrogens (primary N) is 2. The highest BCUT2D eigenvalue weighted by Crippen LogP contribution is 2.30. The van der Waals surface area contributed by atoms with Crippen LogP contribution in [0.3, 0.4) is 0 Å². The summed E-state index contributed by atoms with van der Waals surface area (Å²) in [4.78, 5) is 13.6. The van der Waals surface area contributed by atoms with Gasteiger partial charge in [-0.25, -0.2) is 9.78 Å². The minimum absolute atomic E-state index is 0.00531. The monoisotopic (exact) mass is 413 g/mol. The first-order chi connectivity index (χ1) is 10.9. The van der Waals surface area contributed by atoms with E-state index in [2.05, 4.69) is 4.98 Å². The van der Waals surface area contributed by atoms with Crippen molar-refractivity contribution in [3.63, 3.8) is 0 Å². The van der Waals surface area contributed by atoms with Gasteiger partial charge in [0.15, 0.2) is 5.69 Å². The minimum Gasteiger partial charge on any atom is -0.476 e. The number of pyridine rings is 1. The van der Waals surface area contributed by atoms with Crippen LogP contribution in [0.4, 0.5) is 11.4 Å². The molecule has 1 aromatic carbocycles. The number of nitrogens with zero attached hydrogens (tertiary/aromatic N) is 1. The standard InChI is InChI=1S/C6H2Cl3NO2.C6H8N2O3S/c7-2-1-10-5(6(11)12)4(9)3(2)8;7-4-1-2-5(8)6(3-4)12(9,10)11/h1H,(H,11,12);1-3H,7-8H2,(H,9,10,11). The summed E-state index contributed by atoms with van der Waals surface area (Å²) in [6.07, 6.45) is 1.14. The van der Waals surface area contributed by atoms with Gasteiger partial charge in [-0.05, 0) is 18.2 Å². The van der Waals surface area contributed by atoms with E-state index < -0.39 is 16.1 Å². The molecule has 1 heterocycles. The molecule has 130 valence electrons. The lowest BCUT2D eigenvalue weighted by molar-refractivity contribution is 0.0690. The van der Waals surface area contributed by atoms with Crippen LogP contribution in [-0.4, -0.2) is 29.0 Å². The molecule has 24 heavy (non-hydrogen) atoms. The van der Waals surface area contributed by atoms with Gasteiger partial charge in [-0.2, -0.15) is 8.42 Å². The summed E-state index contributed by atoms with van der Waals surface area (Å²) in [5.74, 6) is -1.24. The van der Waals surface area contributed by atoms with Crippen LogP contribution in [0, 0.1) is 0 Å². The van der Waals surface area contributed by atoms with E-state index in [-0.39, 0.29) is 37.0 Å². The molecule has 0 aliphatic rings. The van der Waals surface area contributed by atoms with Gasteiger partial charge in [0.1, 0.15) is 4.90 Å². The van der Waals surface area contributed by atoms with Crippen molar-refractivity contribution in [1.82, 2.24) is 4.98 Å². The number of hydrogen-bond donors (Lipinski definition) is 4. The molecule has 2 aromatic rings. The van der Waals surface area contributed by atoms with E-state index in [1.165, 1.54) is 12.1 Å². The largest absolute Gasteiger partial charge is 0.476 e. The highest BCUT2D eigenvalue weighted by Gasteiger charge is 2.15. The zero-order valence-electron chi connectivity index (χ0n) is 11.6. The first-order valence-electron chi connectivity index (χ1n) is 5.80. The van der Waals surface area contributed by atoms with Crippen LogP contribution in [0.1, 0.15) is 10.5 Å². The fourth-order valence-electron chi connectivity index (χ4n) is 1.37. The molecule has 0 fully saturated rings. The van der Waals surface area contributed by atoms with Gasteiger partial charge in [0.05, 0.1) is 20.8 Å². The van der Waals surface area contributed by atoms with E-state index in [0.717, 1.165) is 12.3 Å². The second-order valence-corrected chi connectivity index (χ2v) is 6.71. The van der Waals surface area contributed by atoms with Gasteiger partial charge in [-0.1, -0.05) is 34.8 Å². The second kappa shape index (κ2) is 7.86. The lowest BCUT2D eigenvalue weighted by atomic mass is 10.3. The highest BCUT2D eigenvalue weighted by molar-refractivity contribution is 7.86. The molecule has 2 rings (SSSR count). The van der Waals surface area contributed by atoms with Crippen LogP contribution < -0.4 is 11.5 Å². The normalized spacial score (nSPS) is 10.7. The number of aromatic carboxylic acids is 1. The minimum atomic E-state index is -4.26. The Morgan fingerprint density at radius 3 is 2.17 bits per heavy atom.